The Bertz CT molecular complexity index is 771. The molecule has 0 saturated carbocycles. The van der Waals surface area contributed by atoms with Gasteiger partial charge in [0.15, 0.2) is 0 Å². The van der Waals surface area contributed by atoms with Crippen molar-refractivity contribution in [3.63, 3.8) is 0 Å². The van der Waals surface area contributed by atoms with Crippen molar-refractivity contribution in [3.8, 4) is 0 Å². The predicted octanol–water partition coefficient (Wildman–Crippen LogP) is 3.04. The summed E-state index contributed by atoms with van der Waals surface area (Å²) >= 11 is 2.01. The number of aromatic nitrogens is 2. The highest BCUT2D eigenvalue weighted by Crippen LogP contribution is 2.32. The molecule has 1 N–H and O–H groups in total. The number of anilines is 1. The number of rotatable bonds is 2. The number of fused-ring (bicyclic) bond motifs is 1. The Labute approximate surface area is 151 Å². The summed E-state index contributed by atoms with van der Waals surface area (Å²) < 4.78 is 0. The lowest BCUT2D eigenvalue weighted by atomic mass is 9.91. The van der Waals surface area contributed by atoms with Crippen LogP contribution in [-0.4, -0.2) is 63.8 Å². The summed E-state index contributed by atoms with van der Waals surface area (Å²) in [6, 6.07) is 6.49. The molecule has 0 bridgehead atoms. The van der Waals surface area contributed by atoms with E-state index < -0.39 is 6.09 Å². The van der Waals surface area contributed by atoms with Crippen LogP contribution in [0.3, 0.4) is 0 Å². The van der Waals surface area contributed by atoms with E-state index in [-0.39, 0.29) is 0 Å². The lowest BCUT2D eigenvalue weighted by molar-refractivity contribution is 0.132. The summed E-state index contributed by atoms with van der Waals surface area (Å²) in [6.07, 6.45) is 2.47. The van der Waals surface area contributed by atoms with E-state index in [1.165, 1.54) is 22.1 Å². The normalized spacial score (nSPS) is 19.4. The second-order valence-electron chi connectivity index (χ2n) is 6.60. The molecular weight excluding hydrogens is 336 g/mol. The van der Waals surface area contributed by atoms with E-state index >= 15 is 0 Å². The van der Waals surface area contributed by atoms with Gasteiger partial charge in [-0.05, 0) is 31.0 Å². The maximum Gasteiger partial charge on any atom is 0.407 e. The highest BCUT2D eigenvalue weighted by molar-refractivity contribution is 7.99. The summed E-state index contributed by atoms with van der Waals surface area (Å²) in [5.41, 5.74) is 3.29. The predicted molar refractivity (Wildman–Crippen MR) is 101 cm³/mol. The lowest BCUT2D eigenvalue weighted by Crippen LogP contribution is -2.37. The second-order valence-corrected chi connectivity index (χ2v) is 7.83. The number of amides is 1. The summed E-state index contributed by atoms with van der Waals surface area (Å²) in [5, 5.41) is 10.2. The Hall–Kier alpha value is -2.02. The van der Waals surface area contributed by atoms with Crippen LogP contribution in [0.25, 0.3) is 10.9 Å². The van der Waals surface area contributed by atoms with E-state index in [9.17, 15) is 4.79 Å². The zero-order valence-electron chi connectivity index (χ0n) is 14.1. The Morgan fingerprint density at radius 2 is 1.88 bits per heavy atom. The van der Waals surface area contributed by atoms with Gasteiger partial charge in [0.05, 0.1) is 11.2 Å². The monoisotopic (exact) mass is 358 g/mol. The summed E-state index contributed by atoms with van der Waals surface area (Å²) in [7, 11) is 0. The summed E-state index contributed by atoms with van der Waals surface area (Å²) in [5.74, 6) is 2.66. The first-order valence-electron chi connectivity index (χ1n) is 8.77. The topological polar surface area (TPSA) is 69.6 Å². The highest BCUT2D eigenvalue weighted by atomic mass is 32.2. The molecule has 25 heavy (non-hydrogen) atoms. The minimum atomic E-state index is -0.824. The number of likely N-dealkylation sites (tertiary alicyclic amines) is 1. The van der Waals surface area contributed by atoms with Gasteiger partial charge in [-0.25, -0.2) is 14.8 Å². The number of nitrogens with zero attached hydrogens (tertiary/aromatic N) is 4. The number of hydrogen-bond donors (Lipinski definition) is 1. The number of piperidine rings is 1. The van der Waals surface area contributed by atoms with E-state index in [1.54, 1.807) is 6.33 Å². The van der Waals surface area contributed by atoms with Crippen molar-refractivity contribution >= 4 is 34.4 Å². The number of benzene rings is 1. The van der Waals surface area contributed by atoms with Gasteiger partial charge < -0.3 is 14.9 Å². The second kappa shape index (κ2) is 7.07. The van der Waals surface area contributed by atoms with Crippen molar-refractivity contribution in [2.45, 2.75) is 18.8 Å². The van der Waals surface area contributed by atoms with Gasteiger partial charge in [-0.3, -0.25) is 0 Å². The SMILES string of the molecule is O=C(O)N1CCC(c2ncnc3cc(N4CCSCC4)ccc23)CC1. The molecule has 1 amide bonds. The molecule has 2 saturated heterocycles. The Morgan fingerprint density at radius 3 is 2.60 bits per heavy atom. The number of carbonyl (C=O) groups is 1. The third-order valence-corrected chi connectivity index (χ3v) is 6.12. The third-order valence-electron chi connectivity index (χ3n) is 5.18. The van der Waals surface area contributed by atoms with Gasteiger partial charge in [0.25, 0.3) is 0 Å². The molecule has 3 heterocycles. The lowest BCUT2D eigenvalue weighted by Gasteiger charge is -2.30. The molecule has 2 aliphatic rings. The van der Waals surface area contributed by atoms with Gasteiger partial charge in [0.2, 0.25) is 0 Å². The molecule has 1 aromatic carbocycles. The Balaban J connectivity index is 1.59. The van der Waals surface area contributed by atoms with E-state index in [0.717, 1.165) is 42.5 Å². The molecule has 0 unspecified atom stereocenters. The average Bonchev–Trinajstić information content (AvgIpc) is 2.68. The molecule has 2 fully saturated rings. The van der Waals surface area contributed by atoms with Crippen molar-refractivity contribution in [2.75, 3.05) is 42.6 Å². The van der Waals surface area contributed by atoms with E-state index in [2.05, 4.69) is 33.1 Å². The van der Waals surface area contributed by atoms with Gasteiger partial charge in [-0.2, -0.15) is 11.8 Å². The molecule has 7 heteroatoms. The van der Waals surface area contributed by atoms with Crippen LogP contribution in [-0.2, 0) is 0 Å². The van der Waals surface area contributed by atoms with E-state index in [4.69, 9.17) is 5.11 Å². The fourth-order valence-corrected chi connectivity index (χ4v) is 4.66. The maximum absolute atomic E-state index is 11.1. The van der Waals surface area contributed by atoms with Crippen LogP contribution in [0.1, 0.15) is 24.5 Å². The third kappa shape index (κ3) is 3.38. The minimum Gasteiger partial charge on any atom is -0.465 e. The molecule has 6 nitrogen and oxygen atoms in total. The van der Waals surface area contributed by atoms with Crippen LogP contribution in [0.15, 0.2) is 24.5 Å². The average molecular weight is 358 g/mol. The summed E-state index contributed by atoms with van der Waals surface area (Å²) in [4.78, 5) is 24.0. The number of carboxylic acid groups (broad SMARTS) is 1. The van der Waals surface area contributed by atoms with Crippen molar-refractivity contribution in [2.24, 2.45) is 0 Å². The van der Waals surface area contributed by atoms with E-state index in [1.807, 2.05) is 11.8 Å². The van der Waals surface area contributed by atoms with Crippen molar-refractivity contribution in [1.82, 2.24) is 14.9 Å². The van der Waals surface area contributed by atoms with Crippen molar-refractivity contribution in [3.05, 3.63) is 30.2 Å². The molecule has 0 spiro atoms. The van der Waals surface area contributed by atoms with Crippen LogP contribution in [0.5, 0.6) is 0 Å². The Kier molecular flexibility index (Phi) is 4.65. The van der Waals surface area contributed by atoms with Gasteiger partial charge >= 0.3 is 6.09 Å². The molecule has 2 aliphatic heterocycles. The molecule has 132 valence electrons. The molecular formula is C18H22N4O2S. The summed E-state index contributed by atoms with van der Waals surface area (Å²) in [6.45, 7) is 3.33. The van der Waals surface area contributed by atoms with Crippen molar-refractivity contribution in [1.29, 1.82) is 0 Å². The standard InChI is InChI=1S/C18H22N4O2S/c23-18(24)22-5-3-13(4-6-22)17-15-2-1-14(11-16(15)19-12-20-17)21-7-9-25-10-8-21/h1-2,11-13H,3-10H2,(H,23,24). The van der Waals surface area contributed by atoms with Crippen LogP contribution in [0, 0.1) is 0 Å². The number of hydrogen-bond acceptors (Lipinski definition) is 5. The van der Waals surface area contributed by atoms with E-state index in [0.29, 0.717) is 19.0 Å². The molecule has 0 atom stereocenters. The zero-order chi connectivity index (χ0) is 17.2. The highest BCUT2D eigenvalue weighted by Gasteiger charge is 2.25. The van der Waals surface area contributed by atoms with Crippen molar-refractivity contribution < 1.29 is 9.90 Å². The molecule has 0 radical (unpaired) electrons. The van der Waals surface area contributed by atoms with Crippen LogP contribution >= 0.6 is 11.8 Å². The smallest absolute Gasteiger partial charge is 0.407 e. The Morgan fingerprint density at radius 1 is 1.12 bits per heavy atom. The largest absolute Gasteiger partial charge is 0.465 e. The zero-order valence-corrected chi connectivity index (χ0v) is 14.9. The molecule has 2 aromatic rings. The fraction of sp³-hybridized carbons (Fsp3) is 0.500. The van der Waals surface area contributed by atoms with Gasteiger partial charge in [0.1, 0.15) is 6.33 Å². The maximum atomic E-state index is 11.1. The molecule has 4 rings (SSSR count). The quantitative estimate of drug-likeness (QED) is 0.890. The molecule has 1 aromatic heterocycles. The first kappa shape index (κ1) is 16.4. The fourth-order valence-electron chi connectivity index (χ4n) is 3.75. The first-order valence-corrected chi connectivity index (χ1v) is 9.93. The van der Waals surface area contributed by atoms with Gasteiger partial charge in [0, 0.05) is 54.7 Å². The first-order chi connectivity index (χ1) is 12.2. The van der Waals surface area contributed by atoms with Crippen LogP contribution in [0.4, 0.5) is 10.5 Å². The van der Waals surface area contributed by atoms with Crippen LogP contribution < -0.4 is 4.90 Å². The minimum absolute atomic E-state index is 0.304. The number of thioether (sulfide) groups is 1. The van der Waals surface area contributed by atoms with Gasteiger partial charge in [-0.1, -0.05) is 0 Å². The molecule has 0 aliphatic carbocycles. The van der Waals surface area contributed by atoms with Crippen LogP contribution in [0.2, 0.25) is 0 Å². The van der Waals surface area contributed by atoms with Gasteiger partial charge in [-0.15, -0.1) is 0 Å².